The van der Waals surface area contributed by atoms with Crippen LogP contribution in [0, 0.1) is 0 Å². The molecule has 2 atom stereocenters. The Balaban J connectivity index is 1.91. The van der Waals surface area contributed by atoms with Gasteiger partial charge in [-0.25, -0.2) is 0 Å². The number of rotatable bonds is 2. The number of nitrogens with one attached hydrogen (secondary N) is 1. The molecule has 0 aliphatic carbocycles. The molecule has 2 rings (SSSR count). The van der Waals surface area contributed by atoms with Gasteiger partial charge in [-0.05, 0) is 0 Å². The molecule has 0 bridgehead atoms. The van der Waals surface area contributed by atoms with Crippen molar-refractivity contribution in [3.63, 3.8) is 0 Å². The highest BCUT2D eigenvalue weighted by Crippen LogP contribution is 2.16. The van der Waals surface area contributed by atoms with E-state index in [-0.39, 0.29) is 23.3 Å². The minimum atomic E-state index is -0.381. The number of amides is 2. The van der Waals surface area contributed by atoms with E-state index in [2.05, 4.69) is 5.32 Å². The number of thioether (sulfide) groups is 1. The van der Waals surface area contributed by atoms with Gasteiger partial charge in [0, 0.05) is 25.4 Å². The van der Waals surface area contributed by atoms with Crippen LogP contribution >= 0.6 is 11.8 Å². The summed E-state index contributed by atoms with van der Waals surface area (Å²) in [5.41, 5.74) is 5.50. The van der Waals surface area contributed by atoms with Crippen molar-refractivity contribution < 1.29 is 14.3 Å². The lowest BCUT2D eigenvalue weighted by Gasteiger charge is -2.33. The molecule has 2 aliphatic heterocycles. The number of hydrogen-bond donors (Lipinski definition) is 2. The Labute approximate surface area is 97.9 Å². The first kappa shape index (κ1) is 11.7. The molecule has 2 saturated heterocycles. The van der Waals surface area contributed by atoms with Crippen LogP contribution in [-0.2, 0) is 9.53 Å². The van der Waals surface area contributed by atoms with Crippen LogP contribution in [0.4, 0.5) is 4.79 Å². The Morgan fingerprint density at radius 3 is 3.12 bits per heavy atom. The summed E-state index contributed by atoms with van der Waals surface area (Å²) in [6.07, 6.45) is -0.0811. The number of hydrogen-bond acceptors (Lipinski definition) is 5. The predicted molar refractivity (Wildman–Crippen MR) is 60.2 cm³/mol. The van der Waals surface area contributed by atoms with Crippen molar-refractivity contribution in [3.05, 3.63) is 0 Å². The van der Waals surface area contributed by atoms with Crippen molar-refractivity contribution in [1.29, 1.82) is 0 Å². The first-order chi connectivity index (χ1) is 7.70. The molecule has 2 amide bonds. The SMILES string of the molecule is NCC1CN(C(=O)C2CSC(=O)N2)CCO1. The minimum absolute atomic E-state index is 0.0277. The second-order valence-corrected chi connectivity index (χ2v) is 4.80. The average molecular weight is 245 g/mol. The summed E-state index contributed by atoms with van der Waals surface area (Å²) in [5.74, 6) is 0.489. The average Bonchev–Trinajstić information content (AvgIpc) is 2.75. The second kappa shape index (κ2) is 5.03. The molecule has 2 fully saturated rings. The van der Waals surface area contributed by atoms with Crippen molar-refractivity contribution in [2.45, 2.75) is 12.1 Å². The van der Waals surface area contributed by atoms with Gasteiger partial charge in [-0.15, -0.1) is 0 Å². The Morgan fingerprint density at radius 1 is 1.69 bits per heavy atom. The van der Waals surface area contributed by atoms with E-state index in [1.165, 1.54) is 0 Å². The first-order valence-corrected chi connectivity index (χ1v) is 6.23. The predicted octanol–water partition coefficient (Wildman–Crippen LogP) is -1.00. The monoisotopic (exact) mass is 245 g/mol. The summed E-state index contributed by atoms with van der Waals surface area (Å²) in [4.78, 5) is 24.7. The fourth-order valence-electron chi connectivity index (χ4n) is 1.80. The summed E-state index contributed by atoms with van der Waals surface area (Å²) in [6, 6.07) is -0.381. The van der Waals surface area contributed by atoms with E-state index in [0.29, 0.717) is 32.0 Å². The molecule has 0 aromatic heterocycles. The maximum Gasteiger partial charge on any atom is 0.279 e. The van der Waals surface area contributed by atoms with Crippen LogP contribution in [0.1, 0.15) is 0 Å². The first-order valence-electron chi connectivity index (χ1n) is 5.24. The Morgan fingerprint density at radius 2 is 2.50 bits per heavy atom. The summed E-state index contributed by atoms with van der Waals surface area (Å²) < 4.78 is 5.38. The van der Waals surface area contributed by atoms with E-state index >= 15 is 0 Å². The van der Waals surface area contributed by atoms with E-state index in [4.69, 9.17) is 10.5 Å². The molecular weight excluding hydrogens is 230 g/mol. The van der Waals surface area contributed by atoms with E-state index in [1.54, 1.807) is 4.90 Å². The molecule has 0 aromatic rings. The largest absolute Gasteiger partial charge is 0.373 e. The van der Waals surface area contributed by atoms with Crippen LogP contribution < -0.4 is 11.1 Å². The van der Waals surface area contributed by atoms with Gasteiger partial charge in [0.15, 0.2) is 0 Å². The molecular formula is C9H15N3O3S. The molecule has 0 aromatic carbocycles. The number of carbonyl (C=O) groups excluding carboxylic acids is 2. The summed E-state index contributed by atoms with van der Waals surface area (Å²) in [7, 11) is 0. The van der Waals surface area contributed by atoms with E-state index < -0.39 is 0 Å². The highest BCUT2D eigenvalue weighted by molar-refractivity contribution is 8.14. The highest BCUT2D eigenvalue weighted by Gasteiger charge is 2.33. The van der Waals surface area contributed by atoms with Crippen molar-refractivity contribution in [2.24, 2.45) is 5.73 Å². The Hall–Kier alpha value is -0.790. The van der Waals surface area contributed by atoms with Gasteiger partial charge in [0.2, 0.25) is 5.91 Å². The molecule has 3 N–H and O–H groups in total. The topological polar surface area (TPSA) is 84.7 Å². The third-order valence-electron chi connectivity index (χ3n) is 2.68. The molecule has 2 heterocycles. The zero-order valence-electron chi connectivity index (χ0n) is 8.85. The Kier molecular flexibility index (Phi) is 3.67. The summed E-state index contributed by atoms with van der Waals surface area (Å²) >= 11 is 1.15. The van der Waals surface area contributed by atoms with Crippen LogP contribution in [-0.4, -0.2) is 60.2 Å². The van der Waals surface area contributed by atoms with Gasteiger partial charge in [0.25, 0.3) is 5.24 Å². The van der Waals surface area contributed by atoms with Gasteiger partial charge in [0.05, 0.1) is 12.7 Å². The third-order valence-corrected chi connectivity index (χ3v) is 3.56. The molecule has 16 heavy (non-hydrogen) atoms. The fourth-order valence-corrected chi connectivity index (χ4v) is 2.57. The maximum atomic E-state index is 12.0. The van der Waals surface area contributed by atoms with Crippen LogP contribution in [0.3, 0.4) is 0 Å². The van der Waals surface area contributed by atoms with Gasteiger partial charge in [0.1, 0.15) is 6.04 Å². The third kappa shape index (κ3) is 2.47. The number of nitrogens with two attached hydrogens (primary N) is 1. The molecule has 2 unspecified atom stereocenters. The van der Waals surface area contributed by atoms with Gasteiger partial charge in [-0.3, -0.25) is 9.59 Å². The van der Waals surface area contributed by atoms with Crippen molar-refractivity contribution in [2.75, 3.05) is 32.0 Å². The minimum Gasteiger partial charge on any atom is -0.373 e. The smallest absolute Gasteiger partial charge is 0.279 e. The fraction of sp³-hybridized carbons (Fsp3) is 0.778. The van der Waals surface area contributed by atoms with Gasteiger partial charge >= 0.3 is 0 Å². The van der Waals surface area contributed by atoms with Crippen molar-refractivity contribution >= 4 is 22.9 Å². The number of carbonyl (C=O) groups is 2. The molecule has 6 nitrogen and oxygen atoms in total. The van der Waals surface area contributed by atoms with Crippen LogP contribution in [0.2, 0.25) is 0 Å². The molecule has 0 spiro atoms. The molecule has 7 heteroatoms. The molecule has 0 saturated carbocycles. The van der Waals surface area contributed by atoms with Crippen LogP contribution in [0.15, 0.2) is 0 Å². The number of morpholine rings is 1. The van der Waals surface area contributed by atoms with E-state index in [0.717, 1.165) is 11.8 Å². The lowest BCUT2D eigenvalue weighted by Crippen LogP contribution is -2.53. The summed E-state index contributed by atoms with van der Waals surface area (Å²) in [6.45, 7) is 2.02. The number of ether oxygens (including phenoxy) is 1. The number of nitrogens with zero attached hydrogens (tertiary/aromatic N) is 1. The second-order valence-electron chi connectivity index (χ2n) is 3.81. The Bertz CT molecular complexity index is 300. The highest BCUT2D eigenvalue weighted by atomic mass is 32.2. The molecule has 0 radical (unpaired) electrons. The lowest BCUT2D eigenvalue weighted by molar-refractivity contribution is -0.139. The quantitative estimate of drug-likeness (QED) is 0.651. The van der Waals surface area contributed by atoms with Crippen molar-refractivity contribution in [3.8, 4) is 0 Å². The normalized spacial score (nSPS) is 30.3. The van der Waals surface area contributed by atoms with Crippen LogP contribution in [0.5, 0.6) is 0 Å². The van der Waals surface area contributed by atoms with Gasteiger partial charge in [-0.1, -0.05) is 11.8 Å². The molecule has 90 valence electrons. The standard InChI is InChI=1S/C9H15N3O3S/c10-3-6-4-12(1-2-15-6)8(13)7-5-16-9(14)11-7/h6-7H,1-5,10H2,(H,11,14). The summed E-state index contributed by atoms with van der Waals surface area (Å²) in [5, 5.41) is 2.52. The van der Waals surface area contributed by atoms with E-state index in [1.807, 2.05) is 0 Å². The van der Waals surface area contributed by atoms with Gasteiger partial charge in [-0.2, -0.15) is 0 Å². The van der Waals surface area contributed by atoms with Crippen molar-refractivity contribution in [1.82, 2.24) is 10.2 Å². The zero-order valence-corrected chi connectivity index (χ0v) is 9.66. The molecule has 2 aliphatic rings. The van der Waals surface area contributed by atoms with Gasteiger partial charge < -0.3 is 20.7 Å². The van der Waals surface area contributed by atoms with E-state index in [9.17, 15) is 9.59 Å². The zero-order chi connectivity index (χ0) is 11.5. The van der Waals surface area contributed by atoms with Crippen LogP contribution in [0.25, 0.3) is 0 Å². The maximum absolute atomic E-state index is 12.0. The lowest BCUT2D eigenvalue weighted by atomic mass is 10.2.